The molecule has 1 atom stereocenters. The molecule has 0 saturated heterocycles. The standard InChI is InChI=1S/C14H20ClN/c1-14(2)8-6-10(7-9-16)11-4-3-5-12(15)13(11)14/h3-5,10H,6-9,16H2,1-2H3. The van der Waals surface area contributed by atoms with Crippen LogP contribution in [0.4, 0.5) is 0 Å². The molecule has 0 fully saturated rings. The lowest BCUT2D eigenvalue weighted by molar-refractivity contribution is 0.384. The lowest BCUT2D eigenvalue weighted by atomic mass is 9.68. The number of halogens is 1. The summed E-state index contributed by atoms with van der Waals surface area (Å²) in [5.41, 5.74) is 8.67. The molecule has 2 rings (SSSR count). The lowest BCUT2D eigenvalue weighted by Gasteiger charge is -2.37. The normalized spacial score (nSPS) is 22.9. The molecule has 0 amide bonds. The number of fused-ring (bicyclic) bond motifs is 1. The Hall–Kier alpha value is -0.530. The minimum Gasteiger partial charge on any atom is -0.330 e. The molecule has 1 aromatic carbocycles. The predicted molar refractivity (Wildman–Crippen MR) is 70.1 cm³/mol. The van der Waals surface area contributed by atoms with Gasteiger partial charge < -0.3 is 5.73 Å². The van der Waals surface area contributed by atoms with Crippen LogP contribution >= 0.6 is 11.6 Å². The summed E-state index contributed by atoms with van der Waals surface area (Å²) in [6.45, 7) is 5.34. The van der Waals surface area contributed by atoms with Crippen LogP contribution in [0.1, 0.15) is 50.2 Å². The Bertz CT molecular complexity index is 384. The highest BCUT2D eigenvalue weighted by atomic mass is 35.5. The minimum absolute atomic E-state index is 0.207. The molecule has 0 aliphatic heterocycles. The van der Waals surface area contributed by atoms with Crippen LogP contribution in [-0.2, 0) is 5.41 Å². The van der Waals surface area contributed by atoms with Crippen LogP contribution in [-0.4, -0.2) is 6.54 Å². The molecule has 0 aromatic heterocycles. The molecule has 1 aromatic rings. The van der Waals surface area contributed by atoms with Gasteiger partial charge in [0.05, 0.1) is 0 Å². The Kier molecular flexibility index (Phi) is 3.27. The van der Waals surface area contributed by atoms with Crippen molar-refractivity contribution >= 4 is 11.6 Å². The van der Waals surface area contributed by atoms with E-state index in [1.807, 2.05) is 6.07 Å². The quantitative estimate of drug-likeness (QED) is 0.831. The summed E-state index contributed by atoms with van der Waals surface area (Å²) < 4.78 is 0. The Morgan fingerprint density at radius 2 is 2.19 bits per heavy atom. The van der Waals surface area contributed by atoms with Gasteiger partial charge in [-0.15, -0.1) is 0 Å². The average Bonchev–Trinajstić information content (AvgIpc) is 2.22. The Balaban J connectivity index is 2.49. The van der Waals surface area contributed by atoms with E-state index < -0.39 is 0 Å². The van der Waals surface area contributed by atoms with Crippen LogP contribution in [0.5, 0.6) is 0 Å². The van der Waals surface area contributed by atoms with E-state index in [-0.39, 0.29) is 5.41 Å². The second-order valence-electron chi connectivity index (χ2n) is 5.40. The zero-order chi connectivity index (χ0) is 11.8. The van der Waals surface area contributed by atoms with Crippen molar-refractivity contribution in [1.29, 1.82) is 0 Å². The van der Waals surface area contributed by atoms with E-state index in [1.165, 1.54) is 24.0 Å². The third-order valence-corrected chi connectivity index (χ3v) is 4.11. The summed E-state index contributed by atoms with van der Waals surface area (Å²) in [5, 5.41) is 0.921. The number of hydrogen-bond donors (Lipinski definition) is 1. The van der Waals surface area contributed by atoms with Gasteiger partial charge in [0, 0.05) is 5.02 Å². The molecular weight excluding hydrogens is 218 g/mol. The first-order valence-electron chi connectivity index (χ1n) is 6.05. The summed E-state index contributed by atoms with van der Waals surface area (Å²) in [6, 6.07) is 6.29. The maximum atomic E-state index is 6.36. The molecule has 16 heavy (non-hydrogen) atoms. The summed E-state index contributed by atoms with van der Waals surface area (Å²) in [5.74, 6) is 0.603. The van der Waals surface area contributed by atoms with Gasteiger partial charge in [-0.05, 0) is 54.3 Å². The molecule has 88 valence electrons. The second kappa shape index (κ2) is 4.38. The average molecular weight is 238 g/mol. The highest BCUT2D eigenvalue weighted by Crippen LogP contribution is 2.46. The van der Waals surface area contributed by atoms with Gasteiger partial charge in [-0.2, -0.15) is 0 Å². The molecule has 0 saturated carbocycles. The first kappa shape index (κ1) is 11.9. The molecule has 1 aliphatic carbocycles. The zero-order valence-corrected chi connectivity index (χ0v) is 10.8. The topological polar surface area (TPSA) is 26.0 Å². The van der Waals surface area contributed by atoms with Crippen molar-refractivity contribution in [2.45, 2.75) is 44.4 Å². The van der Waals surface area contributed by atoms with Crippen molar-refractivity contribution in [3.63, 3.8) is 0 Å². The fourth-order valence-corrected chi connectivity index (χ4v) is 3.35. The first-order valence-corrected chi connectivity index (χ1v) is 6.43. The van der Waals surface area contributed by atoms with E-state index in [4.69, 9.17) is 17.3 Å². The van der Waals surface area contributed by atoms with Gasteiger partial charge in [-0.1, -0.05) is 37.6 Å². The van der Waals surface area contributed by atoms with Gasteiger partial charge in [-0.25, -0.2) is 0 Å². The van der Waals surface area contributed by atoms with E-state index in [2.05, 4.69) is 26.0 Å². The number of nitrogens with two attached hydrogens (primary N) is 1. The number of hydrogen-bond acceptors (Lipinski definition) is 1. The van der Waals surface area contributed by atoms with Gasteiger partial charge in [0.15, 0.2) is 0 Å². The van der Waals surface area contributed by atoms with Crippen molar-refractivity contribution in [1.82, 2.24) is 0 Å². The molecule has 2 N–H and O–H groups in total. The molecule has 0 bridgehead atoms. The smallest absolute Gasteiger partial charge is 0.0446 e. The van der Waals surface area contributed by atoms with Gasteiger partial charge in [0.2, 0.25) is 0 Å². The van der Waals surface area contributed by atoms with Crippen LogP contribution in [0.15, 0.2) is 18.2 Å². The van der Waals surface area contributed by atoms with Crippen molar-refractivity contribution in [3.05, 3.63) is 34.3 Å². The Morgan fingerprint density at radius 3 is 2.88 bits per heavy atom. The fraction of sp³-hybridized carbons (Fsp3) is 0.571. The zero-order valence-electron chi connectivity index (χ0n) is 10.1. The van der Waals surface area contributed by atoms with E-state index in [1.54, 1.807) is 0 Å². The summed E-state index contributed by atoms with van der Waals surface area (Å²) in [7, 11) is 0. The molecular formula is C14H20ClN. The van der Waals surface area contributed by atoms with Crippen LogP contribution < -0.4 is 5.73 Å². The molecule has 0 spiro atoms. The van der Waals surface area contributed by atoms with Crippen molar-refractivity contribution in [2.24, 2.45) is 5.73 Å². The predicted octanol–water partition coefficient (Wildman–Crippen LogP) is 3.84. The van der Waals surface area contributed by atoms with Crippen molar-refractivity contribution < 1.29 is 0 Å². The van der Waals surface area contributed by atoms with E-state index in [0.29, 0.717) is 5.92 Å². The van der Waals surface area contributed by atoms with Gasteiger partial charge in [0.1, 0.15) is 0 Å². The van der Waals surface area contributed by atoms with Gasteiger partial charge in [-0.3, -0.25) is 0 Å². The summed E-state index contributed by atoms with van der Waals surface area (Å²) in [4.78, 5) is 0. The molecule has 1 aliphatic rings. The first-order chi connectivity index (χ1) is 7.56. The third kappa shape index (κ3) is 1.99. The molecule has 1 nitrogen and oxygen atoms in total. The van der Waals surface area contributed by atoms with E-state index >= 15 is 0 Å². The van der Waals surface area contributed by atoms with Gasteiger partial charge in [0.25, 0.3) is 0 Å². The fourth-order valence-electron chi connectivity index (χ4n) is 2.91. The highest BCUT2D eigenvalue weighted by Gasteiger charge is 2.33. The Labute approximate surface area is 103 Å². The van der Waals surface area contributed by atoms with Crippen LogP contribution in [0.2, 0.25) is 5.02 Å². The van der Waals surface area contributed by atoms with Crippen molar-refractivity contribution in [2.75, 3.05) is 6.54 Å². The SMILES string of the molecule is CC1(C)CCC(CCN)c2cccc(Cl)c21. The molecule has 0 heterocycles. The minimum atomic E-state index is 0.207. The molecule has 0 radical (unpaired) electrons. The maximum absolute atomic E-state index is 6.36. The van der Waals surface area contributed by atoms with Crippen LogP contribution in [0.25, 0.3) is 0 Å². The third-order valence-electron chi connectivity index (χ3n) is 3.80. The number of rotatable bonds is 2. The Morgan fingerprint density at radius 1 is 1.44 bits per heavy atom. The van der Waals surface area contributed by atoms with Gasteiger partial charge >= 0.3 is 0 Å². The lowest BCUT2D eigenvalue weighted by Crippen LogP contribution is -2.27. The summed E-state index contributed by atoms with van der Waals surface area (Å²) >= 11 is 6.36. The largest absolute Gasteiger partial charge is 0.330 e. The second-order valence-corrected chi connectivity index (χ2v) is 5.81. The molecule has 1 unspecified atom stereocenters. The van der Waals surface area contributed by atoms with E-state index in [9.17, 15) is 0 Å². The maximum Gasteiger partial charge on any atom is 0.0446 e. The van der Waals surface area contributed by atoms with Crippen LogP contribution in [0, 0.1) is 0 Å². The van der Waals surface area contributed by atoms with Crippen molar-refractivity contribution in [3.8, 4) is 0 Å². The van der Waals surface area contributed by atoms with E-state index in [0.717, 1.165) is 18.0 Å². The van der Waals surface area contributed by atoms with Crippen LogP contribution in [0.3, 0.4) is 0 Å². The molecule has 2 heteroatoms. The monoisotopic (exact) mass is 237 g/mol. The highest BCUT2D eigenvalue weighted by molar-refractivity contribution is 6.31. The summed E-state index contributed by atoms with van der Waals surface area (Å²) in [6.07, 6.45) is 3.51. The number of benzene rings is 1.